The highest BCUT2D eigenvalue weighted by Crippen LogP contribution is 2.33. The van der Waals surface area contributed by atoms with Gasteiger partial charge in [-0.05, 0) is 65.9 Å². The van der Waals surface area contributed by atoms with E-state index >= 15 is 0 Å². The number of nitrogens with one attached hydrogen (secondary N) is 1. The van der Waals surface area contributed by atoms with Gasteiger partial charge in [0.1, 0.15) is 0 Å². The van der Waals surface area contributed by atoms with Gasteiger partial charge in [-0.2, -0.15) is 13.2 Å². The zero-order valence-electron chi connectivity index (χ0n) is 17.4. The number of rotatable bonds is 3. The molecule has 1 heterocycles. The SMILES string of the molecule is CC(=O)N1CCCc2cc(NC(=O)c3ccccc3-c3ccc(C(F)(F)F)cc3)ccc21. The maximum Gasteiger partial charge on any atom is 0.416 e. The minimum atomic E-state index is -4.42. The first-order chi connectivity index (χ1) is 15.2. The lowest BCUT2D eigenvalue weighted by Gasteiger charge is -2.29. The standard InChI is InChI=1S/C25H21F3N2O2/c1-16(31)30-14-4-5-18-15-20(12-13-23(18)30)29-24(32)22-7-3-2-6-21(22)17-8-10-19(11-9-17)25(26,27)28/h2-3,6-13,15H,4-5,14H2,1H3,(H,29,32). The normalized spacial score (nSPS) is 13.4. The van der Waals surface area contributed by atoms with Crippen molar-refractivity contribution in [1.82, 2.24) is 0 Å². The molecule has 4 nitrogen and oxygen atoms in total. The van der Waals surface area contributed by atoms with Crippen LogP contribution in [0.1, 0.15) is 34.8 Å². The van der Waals surface area contributed by atoms with E-state index in [1.807, 2.05) is 12.1 Å². The fraction of sp³-hybridized carbons (Fsp3) is 0.200. The van der Waals surface area contributed by atoms with Crippen LogP contribution in [0.2, 0.25) is 0 Å². The first-order valence-electron chi connectivity index (χ1n) is 10.2. The number of anilines is 2. The Bertz CT molecular complexity index is 1170. The summed E-state index contributed by atoms with van der Waals surface area (Å²) in [7, 11) is 0. The van der Waals surface area contributed by atoms with Gasteiger partial charge in [-0.1, -0.05) is 30.3 Å². The lowest BCUT2D eigenvalue weighted by atomic mass is 9.97. The van der Waals surface area contributed by atoms with Crippen LogP contribution in [0.15, 0.2) is 66.7 Å². The molecule has 0 aliphatic carbocycles. The molecule has 0 fully saturated rings. The van der Waals surface area contributed by atoms with Crippen molar-refractivity contribution in [1.29, 1.82) is 0 Å². The van der Waals surface area contributed by atoms with Gasteiger partial charge in [0.25, 0.3) is 5.91 Å². The Labute approximate surface area is 183 Å². The number of aryl methyl sites for hydroxylation is 1. The van der Waals surface area contributed by atoms with Gasteiger partial charge in [0, 0.05) is 30.4 Å². The summed E-state index contributed by atoms with van der Waals surface area (Å²) in [5.41, 5.74) is 3.12. The van der Waals surface area contributed by atoms with Crippen LogP contribution >= 0.6 is 0 Å². The van der Waals surface area contributed by atoms with Crippen LogP contribution in [-0.4, -0.2) is 18.4 Å². The van der Waals surface area contributed by atoms with E-state index < -0.39 is 11.7 Å². The van der Waals surface area contributed by atoms with Crippen molar-refractivity contribution in [2.24, 2.45) is 0 Å². The number of carbonyl (C=O) groups is 2. The van der Waals surface area contributed by atoms with E-state index in [1.165, 1.54) is 19.1 Å². The molecule has 1 aliphatic heterocycles. The molecule has 0 radical (unpaired) electrons. The summed E-state index contributed by atoms with van der Waals surface area (Å²) in [6.07, 6.45) is -2.76. The molecule has 3 aromatic rings. The molecule has 0 aromatic heterocycles. The fourth-order valence-electron chi connectivity index (χ4n) is 3.97. The van der Waals surface area contributed by atoms with Gasteiger partial charge in [-0.15, -0.1) is 0 Å². The first-order valence-corrected chi connectivity index (χ1v) is 10.2. The number of hydrogen-bond acceptors (Lipinski definition) is 2. The third kappa shape index (κ3) is 4.37. The summed E-state index contributed by atoms with van der Waals surface area (Å²) < 4.78 is 38.6. The Morgan fingerprint density at radius 3 is 2.38 bits per heavy atom. The van der Waals surface area contributed by atoms with Crippen LogP contribution in [-0.2, 0) is 17.4 Å². The van der Waals surface area contributed by atoms with E-state index in [0.717, 1.165) is 36.2 Å². The fourth-order valence-corrected chi connectivity index (χ4v) is 3.97. The van der Waals surface area contributed by atoms with Gasteiger partial charge in [0.05, 0.1) is 5.56 Å². The number of benzene rings is 3. The molecule has 32 heavy (non-hydrogen) atoms. The second-order valence-electron chi connectivity index (χ2n) is 7.69. The van der Waals surface area contributed by atoms with Crippen LogP contribution < -0.4 is 10.2 Å². The average Bonchev–Trinajstić information content (AvgIpc) is 2.78. The lowest BCUT2D eigenvalue weighted by molar-refractivity contribution is -0.137. The van der Waals surface area contributed by atoms with E-state index in [0.29, 0.717) is 28.9 Å². The molecule has 0 bridgehead atoms. The second kappa shape index (κ2) is 8.49. The predicted octanol–water partition coefficient (Wildman–Crippen LogP) is 5.92. The Hall–Kier alpha value is -3.61. The third-order valence-corrected chi connectivity index (χ3v) is 5.53. The summed E-state index contributed by atoms with van der Waals surface area (Å²) in [4.78, 5) is 26.6. The molecule has 1 aliphatic rings. The minimum Gasteiger partial charge on any atom is -0.322 e. The average molecular weight is 438 g/mol. The molecule has 1 N–H and O–H groups in total. The van der Waals surface area contributed by atoms with Crippen LogP contribution in [0.3, 0.4) is 0 Å². The van der Waals surface area contributed by atoms with Gasteiger partial charge in [-0.3, -0.25) is 9.59 Å². The largest absolute Gasteiger partial charge is 0.416 e. The van der Waals surface area contributed by atoms with Crippen molar-refractivity contribution >= 4 is 23.2 Å². The molecule has 0 unspecified atom stereocenters. The van der Waals surface area contributed by atoms with Crippen molar-refractivity contribution < 1.29 is 22.8 Å². The highest BCUT2D eigenvalue weighted by Gasteiger charge is 2.30. The Kier molecular flexibility index (Phi) is 5.74. The van der Waals surface area contributed by atoms with Crippen molar-refractivity contribution in [2.75, 3.05) is 16.8 Å². The lowest BCUT2D eigenvalue weighted by Crippen LogP contribution is -2.33. The molecule has 0 spiro atoms. The molecule has 3 aromatic carbocycles. The van der Waals surface area contributed by atoms with Crippen molar-refractivity contribution in [3.8, 4) is 11.1 Å². The number of alkyl halides is 3. The van der Waals surface area contributed by atoms with Crippen LogP contribution in [0, 0.1) is 0 Å². The van der Waals surface area contributed by atoms with Crippen molar-refractivity contribution in [2.45, 2.75) is 25.9 Å². The number of hydrogen-bond donors (Lipinski definition) is 1. The molecule has 2 amide bonds. The molecule has 7 heteroatoms. The number of halogens is 3. The monoisotopic (exact) mass is 438 g/mol. The molecule has 0 saturated heterocycles. The molecular formula is C25H21F3N2O2. The molecule has 164 valence electrons. The summed E-state index contributed by atoms with van der Waals surface area (Å²) in [5, 5.41) is 2.88. The summed E-state index contributed by atoms with van der Waals surface area (Å²) in [6, 6.07) is 17.0. The third-order valence-electron chi connectivity index (χ3n) is 5.53. The second-order valence-corrected chi connectivity index (χ2v) is 7.69. The summed E-state index contributed by atoms with van der Waals surface area (Å²) >= 11 is 0. The van der Waals surface area contributed by atoms with Gasteiger partial charge in [-0.25, -0.2) is 0 Å². The highest BCUT2D eigenvalue weighted by molar-refractivity contribution is 6.09. The zero-order valence-corrected chi connectivity index (χ0v) is 17.4. The van der Waals surface area contributed by atoms with E-state index in [9.17, 15) is 22.8 Å². The number of nitrogens with zero attached hydrogens (tertiary/aromatic N) is 1. The van der Waals surface area contributed by atoms with Crippen molar-refractivity contribution in [3.63, 3.8) is 0 Å². The Morgan fingerprint density at radius 1 is 0.969 bits per heavy atom. The number of fused-ring (bicyclic) bond motifs is 1. The number of carbonyl (C=O) groups excluding carboxylic acids is 2. The van der Waals surface area contributed by atoms with E-state index in [1.54, 1.807) is 35.2 Å². The molecular weight excluding hydrogens is 417 g/mol. The Balaban J connectivity index is 1.60. The highest BCUT2D eigenvalue weighted by atomic mass is 19.4. The minimum absolute atomic E-state index is 0.0202. The van der Waals surface area contributed by atoms with Crippen LogP contribution in [0.5, 0.6) is 0 Å². The van der Waals surface area contributed by atoms with Gasteiger partial charge in [0.2, 0.25) is 5.91 Å². The molecule has 0 saturated carbocycles. The first kappa shape index (κ1) is 21.6. The van der Waals surface area contributed by atoms with E-state index in [-0.39, 0.29) is 11.8 Å². The Morgan fingerprint density at radius 2 is 1.69 bits per heavy atom. The molecule has 4 rings (SSSR count). The van der Waals surface area contributed by atoms with E-state index in [4.69, 9.17) is 0 Å². The topological polar surface area (TPSA) is 49.4 Å². The smallest absolute Gasteiger partial charge is 0.322 e. The summed E-state index contributed by atoms with van der Waals surface area (Å²) in [6.45, 7) is 2.21. The summed E-state index contributed by atoms with van der Waals surface area (Å²) in [5.74, 6) is -0.382. The number of amides is 2. The van der Waals surface area contributed by atoms with Crippen molar-refractivity contribution in [3.05, 3.63) is 83.4 Å². The maximum atomic E-state index is 13.0. The predicted molar refractivity (Wildman–Crippen MR) is 118 cm³/mol. The van der Waals surface area contributed by atoms with Crippen LogP contribution in [0.25, 0.3) is 11.1 Å². The maximum absolute atomic E-state index is 13.0. The molecule has 0 atom stereocenters. The van der Waals surface area contributed by atoms with E-state index in [2.05, 4.69) is 5.32 Å². The van der Waals surface area contributed by atoms with Gasteiger partial charge < -0.3 is 10.2 Å². The van der Waals surface area contributed by atoms with Crippen LogP contribution in [0.4, 0.5) is 24.5 Å². The van der Waals surface area contributed by atoms with Gasteiger partial charge in [0.15, 0.2) is 0 Å². The quantitative estimate of drug-likeness (QED) is 0.552. The zero-order chi connectivity index (χ0) is 22.9. The van der Waals surface area contributed by atoms with Gasteiger partial charge >= 0.3 is 6.18 Å².